The summed E-state index contributed by atoms with van der Waals surface area (Å²) in [4.78, 5) is 35.4. The molecule has 0 radical (unpaired) electrons. The van der Waals surface area contributed by atoms with Gasteiger partial charge >= 0.3 is 6.03 Å². The number of urea groups is 1. The first-order chi connectivity index (χ1) is 17.0. The molecule has 3 fully saturated rings. The number of aryl methyl sites for hydroxylation is 2. The van der Waals surface area contributed by atoms with Crippen LogP contribution in [0.4, 0.5) is 16.2 Å². The van der Waals surface area contributed by atoms with Gasteiger partial charge in [-0.2, -0.15) is 0 Å². The highest BCUT2D eigenvalue weighted by Crippen LogP contribution is 2.36. The van der Waals surface area contributed by atoms with Crippen molar-refractivity contribution in [1.82, 2.24) is 10.2 Å². The molecule has 1 unspecified atom stereocenters. The highest BCUT2D eigenvalue weighted by atomic mass is 16.2. The van der Waals surface area contributed by atoms with Crippen LogP contribution < -0.4 is 15.5 Å². The number of amidine groups is 1. The van der Waals surface area contributed by atoms with Crippen LogP contribution in [-0.2, 0) is 17.6 Å². The van der Waals surface area contributed by atoms with Gasteiger partial charge in [0.15, 0.2) is 0 Å². The first-order valence-electron chi connectivity index (χ1n) is 12.9. The molecule has 35 heavy (non-hydrogen) atoms. The summed E-state index contributed by atoms with van der Waals surface area (Å²) in [5, 5.41) is 5.78. The SMILES string of the molecule is CN1C(=O)C(NC(=O)Nc2ccc3c(c2)CCC3)N=C(N2CC3CCC(CC3)C2)c2ccccc21. The summed E-state index contributed by atoms with van der Waals surface area (Å²) >= 11 is 0. The maximum atomic E-state index is 13.4. The Morgan fingerprint density at radius 2 is 1.69 bits per heavy atom. The average Bonchev–Trinajstić information content (AvgIpc) is 3.07. The second-order valence-electron chi connectivity index (χ2n) is 10.5. The standard InChI is InChI=1S/C28H33N5O2/c1-32-24-8-3-2-7-23(24)26(33-16-18-9-10-19(17-33)12-11-18)30-25(27(32)34)31-28(35)29-22-14-13-20-5-4-6-21(20)15-22/h2-3,7-8,13-15,18-19,25H,4-6,9-12,16-17H2,1H3,(H2,29,31,35). The van der Waals surface area contributed by atoms with Gasteiger partial charge in [0.25, 0.3) is 5.91 Å². The quantitative estimate of drug-likeness (QED) is 0.690. The lowest BCUT2D eigenvalue weighted by atomic mass is 9.84. The third-order valence-electron chi connectivity index (χ3n) is 8.17. The highest BCUT2D eigenvalue weighted by molar-refractivity contribution is 6.12. The van der Waals surface area contributed by atoms with Crippen molar-refractivity contribution < 1.29 is 9.59 Å². The van der Waals surface area contributed by atoms with Gasteiger partial charge in [-0.15, -0.1) is 0 Å². The molecule has 5 aliphatic rings. The Morgan fingerprint density at radius 1 is 0.971 bits per heavy atom. The molecule has 2 N–H and O–H groups in total. The molecule has 1 saturated carbocycles. The summed E-state index contributed by atoms with van der Waals surface area (Å²) in [6.45, 7) is 1.91. The fourth-order valence-corrected chi connectivity index (χ4v) is 6.26. The Labute approximate surface area is 206 Å². The van der Waals surface area contributed by atoms with Crippen molar-refractivity contribution >= 4 is 29.1 Å². The molecule has 3 heterocycles. The van der Waals surface area contributed by atoms with E-state index >= 15 is 0 Å². The third kappa shape index (κ3) is 4.28. The zero-order chi connectivity index (χ0) is 23.9. The summed E-state index contributed by atoms with van der Waals surface area (Å²) in [6, 6.07) is 13.6. The van der Waals surface area contributed by atoms with Crippen molar-refractivity contribution in [2.45, 2.75) is 51.1 Å². The highest BCUT2D eigenvalue weighted by Gasteiger charge is 2.36. The number of para-hydroxylation sites is 1. The van der Waals surface area contributed by atoms with E-state index in [-0.39, 0.29) is 5.91 Å². The monoisotopic (exact) mass is 471 g/mol. The number of anilines is 2. The third-order valence-corrected chi connectivity index (χ3v) is 8.17. The van der Waals surface area contributed by atoms with Gasteiger partial charge in [0.05, 0.1) is 5.69 Å². The molecular formula is C28H33N5O2. The van der Waals surface area contributed by atoms with E-state index in [1.807, 2.05) is 36.4 Å². The minimum Gasteiger partial charge on any atom is -0.356 e. The number of carbonyl (C=O) groups excluding carboxylic acids is 2. The van der Waals surface area contributed by atoms with Crippen LogP contribution in [-0.4, -0.2) is 49.0 Å². The Morgan fingerprint density at radius 3 is 2.46 bits per heavy atom. The van der Waals surface area contributed by atoms with Crippen LogP contribution in [0.25, 0.3) is 0 Å². The molecule has 3 amide bonds. The fraction of sp³-hybridized carbons (Fsp3) is 0.464. The topological polar surface area (TPSA) is 77.0 Å². The number of rotatable bonds is 2. The Bertz CT molecular complexity index is 1170. The van der Waals surface area contributed by atoms with Crippen molar-refractivity contribution in [3.8, 4) is 0 Å². The van der Waals surface area contributed by atoms with Crippen LogP contribution in [0.5, 0.6) is 0 Å². The Hall–Kier alpha value is -3.35. The summed E-state index contributed by atoms with van der Waals surface area (Å²) in [5.74, 6) is 1.90. The molecule has 1 atom stereocenters. The van der Waals surface area contributed by atoms with E-state index in [1.165, 1.54) is 36.8 Å². The second-order valence-corrected chi connectivity index (χ2v) is 10.5. The molecule has 2 aromatic carbocycles. The number of hydrogen-bond donors (Lipinski definition) is 2. The van der Waals surface area contributed by atoms with Crippen LogP contribution >= 0.6 is 0 Å². The van der Waals surface area contributed by atoms with Crippen LogP contribution in [0.15, 0.2) is 47.5 Å². The van der Waals surface area contributed by atoms with Crippen molar-refractivity contribution in [2.75, 3.05) is 30.4 Å². The van der Waals surface area contributed by atoms with E-state index in [9.17, 15) is 9.59 Å². The number of nitrogens with zero attached hydrogens (tertiary/aromatic N) is 3. The predicted octanol–water partition coefficient (Wildman–Crippen LogP) is 4.17. The van der Waals surface area contributed by atoms with Crippen molar-refractivity contribution in [3.05, 3.63) is 59.2 Å². The lowest BCUT2D eigenvalue weighted by Gasteiger charge is -2.27. The van der Waals surface area contributed by atoms with Crippen LogP contribution in [0.3, 0.4) is 0 Å². The van der Waals surface area contributed by atoms with Gasteiger partial charge in [-0.1, -0.05) is 18.2 Å². The smallest absolute Gasteiger partial charge is 0.321 e. The maximum Gasteiger partial charge on any atom is 0.321 e. The predicted molar refractivity (Wildman–Crippen MR) is 138 cm³/mol. The largest absolute Gasteiger partial charge is 0.356 e. The second kappa shape index (κ2) is 9.02. The number of hydrogen-bond acceptors (Lipinski definition) is 4. The van der Waals surface area contributed by atoms with Gasteiger partial charge in [0.1, 0.15) is 5.84 Å². The zero-order valence-corrected chi connectivity index (χ0v) is 20.3. The minimum absolute atomic E-state index is 0.241. The van der Waals surface area contributed by atoms with Gasteiger partial charge < -0.3 is 20.4 Å². The lowest BCUT2D eigenvalue weighted by Crippen LogP contribution is -2.47. The van der Waals surface area contributed by atoms with Crippen LogP contribution in [0.1, 0.15) is 48.8 Å². The molecule has 7 rings (SSSR count). The Kier molecular flexibility index (Phi) is 5.71. The molecule has 3 aliphatic heterocycles. The zero-order valence-electron chi connectivity index (χ0n) is 20.3. The van der Waals surface area contributed by atoms with Gasteiger partial charge in [-0.25, -0.2) is 9.79 Å². The van der Waals surface area contributed by atoms with Crippen molar-refractivity contribution in [1.29, 1.82) is 0 Å². The first kappa shape index (κ1) is 22.1. The van der Waals surface area contributed by atoms with E-state index in [0.29, 0.717) is 11.8 Å². The van der Waals surface area contributed by atoms with Crippen LogP contribution in [0.2, 0.25) is 0 Å². The molecule has 2 aliphatic carbocycles. The normalized spacial score (nSPS) is 25.3. The van der Waals surface area contributed by atoms with E-state index in [1.54, 1.807) is 11.9 Å². The summed E-state index contributed by atoms with van der Waals surface area (Å²) in [6.07, 6.45) is 7.37. The number of fused-ring (bicyclic) bond motifs is 6. The molecule has 2 bridgehead atoms. The maximum absolute atomic E-state index is 13.4. The van der Waals surface area contributed by atoms with Gasteiger partial charge in [-0.3, -0.25) is 4.79 Å². The van der Waals surface area contributed by atoms with E-state index in [2.05, 4.69) is 21.6 Å². The van der Waals surface area contributed by atoms with Gasteiger partial charge in [-0.05, 0) is 92.2 Å². The van der Waals surface area contributed by atoms with Crippen molar-refractivity contribution in [3.63, 3.8) is 0 Å². The van der Waals surface area contributed by atoms with Gasteiger partial charge in [0.2, 0.25) is 6.17 Å². The molecule has 2 saturated heterocycles. The molecule has 7 heteroatoms. The van der Waals surface area contributed by atoms with Crippen molar-refractivity contribution in [2.24, 2.45) is 16.8 Å². The number of amides is 3. The summed E-state index contributed by atoms with van der Waals surface area (Å²) < 4.78 is 0. The van der Waals surface area contributed by atoms with E-state index < -0.39 is 12.2 Å². The van der Waals surface area contributed by atoms with E-state index in [4.69, 9.17) is 4.99 Å². The number of benzodiazepines with no additional fused rings is 1. The first-order valence-corrected chi connectivity index (χ1v) is 12.9. The summed E-state index contributed by atoms with van der Waals surface area (Å²) in [5.41, 5.74) is 5.17. The van der Waals surface area contributed by atoms with Crippen LogP contribution in [0, 0.1) is 11.8 Å². The summed E-state index contributed by atoms with van der Waals surface area (Å²) in [7, 11) is 1.76. The number of likely N-dealkylation sites (N-methyl/N-ethyl adjacent to an activating group) is 1. The molecule has 0 spiro atoms. The lowest BCUT2D eigenvalue weighted by molar-refractivity contribution is -0.119. The molecule has 2 aromatic rings. The molecule has 182 valence electrons. The number of aliphatic imine (C=N–C) groups is 1. The van der Waals surface area contributed by atoms with E-state index in [0.717, 1.165) is 55.1 Å². The molecule has 0 aromatic heterocycles. The average molecular weight is 472 g/mol. The number of benzene rings is 2. The van der Waals surface area contributed by atoms with Gasteiger partial charge in [0, 0.05) is 31.4 Å². The fourth-order valence-electron chi connectivity index (χ4n) is 6.26. The minimum atomic E-state index is -0.988. The number of carbonyl (C=O) groups is 2. The Balaban J connectivity index is 1.29. The molecular weight excluding hydrogens is 438 g/mol. The number of nitrogens with one attached hydrogen (secondary N) is 2. The molecule has 7 nitrogen and oxygen atoms in total.